The van der Waals surface area contributed by atoms with Crippen LogP contribution in [-0.2, 0) is 0 Å². The Bertz CT molecular complexity index is 105. The Morgan fingerprint density at radius 2 is 1.33 bits per heavy atom. The molecular weight excluding hydrogens is 138 g/mol. The fourth-order valence-electron chi connectivity index (χ4n) is 0.0825. The minimum atomic E-state index is -3.69. The molecule has 0 aliphatic heterocycles. The van der Waals surface area contributed by atoms with E-state index in [-0.39, 0.29) is 18.9 Å². The molecule has 0 bridgehead atoms. The van der Waals surface area contributed by atoms with Crippen molar-refractivity contribution < 1.29 is 22.0 Å². The van der Waals surface area contributed by atoms with E-state index in [0.717, 1.165) is 0 Å². The van der Waals surface area contributed by atoms with Crippen LogP contribution in [0.1, 0.15) is 0 Å². The van der Waals surface area contributed by atoms with Crippen molar-refractivity contribution in [1.82, 2.24) is 0 Å². The standard InChI is InChI=1S/C3HF5.Li.H/c4-1(2(5)6)3(7)8;;/h2H;;. The third-order valence-corrected chi connectivity index (χ3v) is 0.372. The first-order valence-corrected chi connectivity index (χ1v) is 1.54. The number of halogens is 5. The van der Waals surface area contributed by atoms with Crippen LogP contribution in [0.2, 0.25) is 0 Å². The van der Waals surface area contributed by atoms with E-state index < -0.39 is 18.3 Å². The van der Waals surface area contributed by atoms with Gasteiger partial charge in [0.05, 0.1) is 0 Å². The van der Waals surface area contributed by atoms with Crippen molar-refractivity contribution in [2.24, 2.45) is 0 Å². The Labute approximate surface area is 59.9 Å². The first-order chi connectivity index (χ1) is 3.55. The average molecular weight is 140 g/mol. The molecule has 6 heteroatoms. The predicted molar refractivity (Wildman–Crippen MR) is 23.5 cm³/mol. The van der Waals surface area contributed by atoms with E-state index in [2.05, 4.69) is 0 Å². The van der Waals surface area contributed by atoms with Gasteiger partial charge in [-0.25, -0.2) is 8.78 Å². The summed E-state index contributed by atoms with van der Waals surface area (Å²) in [6.45, 7) is 0. The van der Waals surface area contributed by atoms with E-state index >= 15 is 0 Å². The van der Waals surface area contributed by atoms with Crippen LogP contribution >= 0.6 is 0 Å². The van der Waals surface area contributed by atoms with Crippen LogP contribution in [-0.4, -0.2) is 25.3 Å². The molecule has 0 saturated carbocycles. The number of hydrogen-bond acceptors (Lipinski definition) is 0. The van der Waals surface area contributed by atoms with Gasteiger partial charge in [-0.3, -0.25) is 0 Å². The molecule has 0 N–H and O–H groups in total. The monoisotopic (exact) mass is 140 g/mol. The second-order valence-electron chi connectivity index (χ2n) is 0.909. The minimum absolute atomic E-state index is 0. The van der Waals surface area contributed by atoms with Crippen molar-refractivity contribution in [3.63, 3.8) is 0 Å². The van der Waals surface area contributed by atoms with Crippen LogP contribution in [0, 0.1) is 0 Å². The zero-order valence-electron chi connectivity index (χ0n) is 3.47. The molecule has 0 amide bonds. The summed E-state index contributed by atoms with van der Waals surface area (Å²) in [6.07, 6.45) is -6.65. The molecule has 50 valence electrons. The summed E-state index contributed by atoms with van der Waals surface area (Å²) in [5.41, 5.74) is 0. The molecule has 0 aromatic carbocycles. The van der Waals surface area contributed by atoms with E-state index in [1.54, 1.807) is 0 Å². The third kappa shape index (κ3) is 4.49. The predicted octanol–water partition coefficient (Wildman–Crippen LogP) is 1.68. The topological polar surface area (TPSA) is 0 Å². The molecule has 0 radical (unpaired) electrons. The number of allylic oxidation sites excluding steroid dienone is 1. The summed E-state index contributed by atoms with van der Waals surface area (Å²) in [6, 6.07) is 0. The fourth-order valence-corrected chi connectivity index (χ4v) is 0.0825. The molecule has 0 aliphatic carbocycles. The maximum atomic E-state index is 11.0. The van der Waals surface area contributed by atoms with E-state index in [1.807, 2.05) is 0 Å². The van der Waals surface area contributed by atoms with Gasteiger partial charge in [-0.1, -0.05) is 0 Å². The number of rotatable bonds is 1. The molecule has 0 rings (SSSR count). The van der Waals surface area contributed by atoms with Gasteiger partial charge in [0.15, 0.2) is 0 Å². The van der Waals surface area contributed by atoms with Gasteiger partial charge in [0.2, 0.25) is 5.83 Å². The number of hydrogen-bond donors (Lipinski definition) is 0. The molecule has 0 aliphatic rings. The van der Waals surface area contributed by atoms with Gasteiger partial charge in [-0.2, -0.15) is 13.2 Å². The third-order valence-electron chi connectivity index (χ3n) is 0.372. The molecule has 0 atom stereocenters. The zero-order valence-corrected chi connectivity index (χ0v) is 3.47. The van der Waals surface area contributed by atoms with Crippen molar-refractivity contribution in [2.45, 2.75) is 6.43 Å². The summed E-state index contributed by atoms with van der Waals surface area (Å²) < 4.78 is 54.0. The normalized spacial score (nSPS) is 8.67. The SMILES string of the molecule is FC(F)=C(F)C(F)F.[LiH]. The van der Waals surface area contributed by atoms with Crippen LogP contribution in [0.3, 0.4) is 0 Å². The van der Waals surface area contributed by atoms with Crippen molar-refractivity contribution in [3.8, 4) is 0 Å². The molecule has 0 saturated heterocycles. The average Bonchev–Trinajstić information content (AvgIpc) is 1.64. The molecular formula is C3H2F5Li. The first-order valence-electron chi connectivity index (χ1n) is 1.54. The second-order valence-corrected chi connectivity index (χ2v) is 0.909. The molecule has 0 spiro atoms. The molecule has 0 fully saturated rings. The molecule has 0 unspecified atom stereocenters. The Balaban J connectivity index is 0. The van der Waals surface area contributed by atoms with Crippen LogP contribution in [0.15, 0.2) is 11.9 Å². The van der Waals surface area contributed by atoms with Crippen molar-refractivity contribution in [2.75, 3.05) is 0 Å². The van der Waals surface area contributed by atoms with Gasteiger partial charge < -0.3 is 0 Å². The number of alkyl halides is 2. The summed E-state index contributed by atoms with van der Waals surface area (Å²) >= 11 is 0. The first kappa shape index (κ1) is 11.7. The summed E-state index contributed by atoms with van der Waals surface area (Å²) in [4.78, 5) is 0. The second kappa shape index (κ2) is 4.83. The Morgan fingerprint density at radius 1 is 1.00 bits per heavy atom. The van der Waals surface area contributed by atoms with Crippen molar-refractivity contribution >= 4 is 18.9 Å². The van der Waals surface area contributed by atoms with E-state index in [4.69, 9.17) is 0 Å². The van der Waals surface area contributed by atoms with Crippen molar-refractivity contribution in [1.29, 1.82) is 0 Å². The van der Waals surface area contributed by atoms with E-state index in [1.165, 1.54) is 0 Å². The van der Waals surface area contributed by atoms with Gasteiger partial charge in [0, 0.05) is 0 Å². The van der Waals surface area contributed by atoms with Crippen LogP contribution in [0.5, 0.6) is 0 Å². The summed E-state index contributed by atoms with van der Waals surface area (Å²) in [7, 11) is 0. The Hall–Kier alpha value is -0.0126. The van der Waals surface area contributed by atoms with Gasteiger partial charge >= 0.3 is 24.9 Å². The quantitative estimate of drug-likeness (QED) is 0.384. The van der Waals surface area contributed by atoms with Crippen LogP contribution in [0.25, 0.3) is 0 Å². The van der Waals surface area contributed by atoms with Crippen LogP contribution in [0.4, 0.5) is 22.0 Å². The summed E-state index contributed by atoms with van der Waals surface area (Å²) in [5.74, 6) is -2.65. The van der Waals surface area contributed by atoms with Gasteiger partial charge in [0.1, 0.15) is 0 Å². The van der Waals surface area contributed by atoms with Gasteiger partial charge in [-0.15, -0.1) is 0 Å². The molecule has 9 heavy (non-hydrogen) atoms. The molecule has 0 heterocycles. The Kier molecular flexibility index (Phi) is 6.30. The van der Waals surface area contributed by atoms with Crippen LogP contribution < -0.4 is 0 Å². The van der Waals surface area contributed by atoms with Gasteiger partial charge in [-0.05, 0) is 0 Å². The molecule has 0 aromatic rings. The van der Waals surface area contributed by atoms with Gasteiger partial charge in [0.25, 0.3) is 6.43 Å². The molecule has 0 nitrogen and oxygen atoms in total. The molecule has 0 aromatic heterocycles. The maximum absolute atomic E-state index is 11.0. The fraction of sp³-hybridized carbons (Fsp3) is 0.333. The van der Waals surface area contributed by atoms with E-state index in [0.29, 0.717) is 0 Å². The Morgan fingerprint density at radius 3 is 1.33 bits per heavy atom. The zero-order chi connectivity index (χ0) is 6.73. The summed E-state index contributed by atoms with van der Waals surface area (Å²) in [5, 5.41) is 0. The van der Waals surface area contributed by atoms with E-state index in [9.17, 15) is 22.0 Å². The van der Waals surface area contributed by atoms with Crippen molar-refractivity contribution in [3.05, 3.63) is 11.9 Å².